The number of imidazole rings is 1. The molecule has 5 nitrogen and oxygen atoms in total. The van der Waals surface area contributed by atoms with Crippen LogP contribution in [0.5, 0.6) is 5.75 Å². The average molecular weight is 243 g/mol. The second kappa shape index (κ2) is 5.67. The first kappa shape index (κ1) is 11.9. The van der Waals surface area contributed by atoms with Crippen LogP contribution in [0, 0.1) is 0 Å². The van der Waals surface area contributed by atoms with Crippen molar-refractivity contribution < 1.29 is 9.53 Å². The molecular weight excluding hydrogens is 230 g/mol. The minimum atomic E-state index is -0.235. The molecule has 1 aromatic carbocycles. The third-order valence-corrected chi connectivity index (χ3v) is 2.28. The summed E-state index contributed by atoms with van der Waals surface area (Å²) in [5, 5.41) is 2.60. The van der Waals surface area contributed by atoms with Crippen LogP contribution in [0.4, 0.5) is 5.95 Å². The molecule has 0 radical (unpaired) electrons. The van der Waals surface area contributed by atoms with Gasteiger partial charge >= 0.3 is 0 Å². The van der Waals surface area contributed by atoms with Crippen molar-refractivity contribution in [2.75, 3.05) is 12.4 Å². The maximum atomic E-state index is 11.5. The van der Waals surface area contributed by atoms with E-state index < -0.39 is 0 Å². The number of ether oxygens (including phenoxy) is 1. The van der Waals surface area contributed by atoms with Crippen molar-refractivity contribution in [3.8, 4) is 5.75 Å². The lowest BCUT2D eigenvalue weighted by atomic mass is 10.2. The number of benzene rings is 1. The van der Waals surface area contributed by atoms with Crippen LogP contribution in [-0.4, -0.2) is 23.0 Å². The van der Waals surface area contributed by atoms with Crippen molar-refractivity contribution in [3.05, 3.63) is 48.3 Å². The van der Waals surface area contributed by atoms with Crippen molar-refractivity contribution in [1.29, 1.82) is 0 Å². The zero-order valence-electron chi connectivity index (χ0n) is 9.88. The highest BCUT2D eigenvalue weighted by molar-refractivity contribution is 6.00. The Hall–Kier alpha value is -2.56. The molecule has 1 aromatic heterocycles. The third kappa shape index (κ3) is 3.21. The summed E-state index contributed by atoms with van der Waals surface area (Å²) in [7, 11) is 1.61. The monoisotopic (exact) mass is 243 g/mol. The van der Waals surface area contributed by atoms with Crippen molar-refractivity contribution in [2.24, 2.45) is 0 Å². The molecule has 2 rings (SSSR count). The summed E-state index contributed by atoms with van der Waals surface area (Å²) in [6.07, 6.45) is 6.38. The number of hydrogen-bond donors (Lipinski definition) is 2. The van der Waals surface area contributed by atoms with E-state index in [4.69, 9.17) is 4.74 Å². The number of nitrogens with one attached hydrogen (secondary N) is 2. The zero-order valence-corrected chi connectivity index (χ0v) is 9.88. The maximum absolute atomic E-state index is 11.5. The second-order valence-corrected chi connectivity index (χ2v) is 3.53. The van der Waals surface area contributed by atoms with Crippen molar-refractivity contribution >= 4 is 17.9 Å². The maximum Gasteiger partial charge on any atom is 0.250 e. The van der Waals surface area contributed by atoms with Crippen molar-refractivity contribution in [1.82, 2.24) is 9.97 Å². The lowest BCUT2D eigenvalue weighted by Crippen LogP contribution is -2.08. The number of carbonyl (C=O) groups excluding carboxylic acids is 1. The highest BCUT2D eigenvalue weighted by atomic mass is 16.5. The van der Waals surface area contributed by atoms with E-state index >= 15 is 0 Å². The molecule has 92 valence electrons. The Bertz CT molecular complexity index is 530. The molecule has 1 amide bonds. The summed E-state index contributed by atoms with van der Waals surface area (Å²) in [5.74, 6) is 0.979. The van der Waals surface area contributed by atoms with Gasteiger partial charge in [-0.05, 0) is 23.8 Å². The largest absolute Gasteiger partial charge is 0.497 e. The molecule has 0 saturated heterocycles. The molecule has 0 fully saturated rings. The molecule has 5 heteroatoms. The molecule has 0 aliphatic rings. The minimum Gasteiger partial charge on any atom is -0.497 e. The van der Waals surface area contributed by atoms with Crippen LogP contribution in [0.15, 0.2) is 42.7 Å². The number of methoxy groups -OCH3 is 1. The van der Waals surface area contributed by atoms with Gasteiger partial charge < -0.3 is 9.72 Å². The number of H-pyrrole nitrogens is 1. The standard InChI is InChI=1S/C13H13N3O2/c1-18-11-5-2-10(3-6-11)4-7-12(17)16-13-14-8-9-15-13/h2-9H,1H3,(H2,14,15,16,17). The fourth-order valence-corrected chi connectivity index (χ4v) is 1.38. The summed E-state index contributed by atoms with van der Waals surface area (Å²) >= 11 is 0. The average Bonchev–Trinajstić information content (AvgIpc) is 2.90. The van der Waals surface area contributed by atoms with Crippen LogP contribution >= 0.6 is 0 Å². The van der Waals surface area contributed by atoms with Gasteiger partial charge in [0.05, 0.1) is 7.11 Å². The zero-order chi connectivity index (χ0) is 12.8. The summed E-state index contributed by atoms with van der Waals surface area (Å²) in [6.45, 7) is 0. The molecule has 0 aliphatic carbocycles. The van der Waals surface area contributed by atoms with Gasteiger partial charge in [-0.15, -0.1) is 0 Å². The number of anilines is 1. The van der Waals surface area contributed by atoms with Crippen LogP contribution in [0.2, 0.25) is 0 Å². The van der Waals surface area contributed by atoms with E-state index in [0.29, 0.717) is 5.95 Å². The number of nitrogens with zero attached hydrogens (tertiary/aromatic N) is 1. The molecule has 0 unspecified atom stereocenters. The fraction of sp³-hybridized carbons (Fsp3) is 0.0769. The number of aromatic nitrogens is 2. The molecule has 0 aliphatic heterocycles. The number of amides is 1. The summed E-state index contributed by atoms with van der Waals surface area (Å²) in [4.78, 5) is 18.2. The smallest absolute Gasteiger partial charge is 0.250 e. The summed E-state index contributed by atoms with van der Waals surface area (Å²) in [5.41, 5.74) is 0.922. The Balaban J connectivity index is 1.95. The molecule has 2 aromatic rings. The third-order valence-electron chi connectivity index (χ3n) is 2.28. The van der Waals surface area contributed by atoms with E-state index in [-0.39, 0.29) is 5.91 Å². The van der Waals surface area contributed by atoms with Gasteiger partial charge in [0.25, 0.3) is 5.91 Å². The minimum absolute atomic E-state index is 0.235. The highest BCUT2D eigenvalue weighted by Gasteiger charge is 1.98. The van der Waals surface area contributed by atoms with Crippen LogP contribution in [0.3, 0.4) is 0 Å². The normalized spacial score (nSPS) is 10.5. The van der Waals surface area contributed by atoms with Crippen LogP contribution in [-0.2, 0) is 4.79 Å². The van der Waals surface area contributed by atoms with Crippen LogP contribution in [0.1, 0.15) is 5.56 Å². The SMILES string of the molecule is COc1ccc(C=CC(=O)Nc2ncc[nH]2)cc1. The van der Waals surface area contributed by atoms with Gasteiger partial charge in [0.1, 0.15) is 5.75 Å². The molecule has 0 bridgehead atoms. The number of hydrogen-bond acceptors (Lipinski definition) is 3. The van der Waals surface area contributed by atoms with Gasteiger partial charge in [-0.1, -0.05) is 12.1 Å². The van der Waals surface area contributed by atoms with Crippen molar-refractivity contribution in [3.63, 3.8) is 0 Å². The van der Waals surface area contributed by atoms with Gasteiger partial charge in [0.15, 0.2) is 0 Å². The summed E-state index contributed by atoms with van der Waals surface area (Å²) < 4.78 is 5.05. The van der Waals surface area contributed by atoms with Gasteiger partial charge in [-0.3, -0.25) is 10.1 Å². The molecular formula is C13H13N3O2. The topological polar surface area (TPSA) is 67.0 Å². The van der Waals surface area contributed by atoms with E-state index in [1.54, 1.807) is 25.6 Å². The quantitative estimate of drug-likeness (QED) is 0.808. The van der Waals surface area contributed by atoms with E-state index in [1.807, 2.05) is 24.3 Å². The molecule has 2 N–H and O–H groups in total. The van der Waals surface area contributed by atoms with Gasteiger partial charge in [-0.25, -0.2) is 4.98 Å². The van der Waals surface area contributed by atoms with Gasteiger partial charge in [-0.2, -0.15) is 0 Å². The highest BCUT2D eigenvalue weighted by Crippen LogP contribution is 2.12. The molecule has 0 saturated carbocycles. The lowest BCUT2D eigenvalue weighted by Gasteiger charge is -1.99. The Kier molecular flexibility index (Phi) is 3.76. The first-order valence-corrected chi connectivity index (χ1v) is 5.40. The molecule has 0 atom stereocenters. The fourth-order valence-electron chi connectivity index (χ4n) is 1.38. The lowest BCUT2D eigenvalue weighted by molar-refractivity contribution is -0.111. The van der Waals surface area contributed by atoms with E-state index in [2.05, 4.69) is 15.3 Å². The Morgan fingerprint density at radius 1 is 1.39 bits per heavy atom. The number of rotatable bonds is 4. The van der Waals surface area contributed by atoms with Crippen LogP contribution < -0.4 is 10.1 Å². The van der Waals surface area contributed by atoms with E-state index in [1.165, 1.54) is 6.08 Å². The van der Waals surface area contributed by atoms with Crippen molar-refractivity contribution in [2.45, 2.75) is 0 Å². The number of aromatic amines is 1. The van der Waals surface area contributed by atoms with E-state index in [9.17, 15) is 4.79 Å². The first-order chi connectivity index (χ1) is 8.78. The molecule has 18 heavy (non-hydrogen) atoms. The second-order valence-electron chi connectivity index (χ2n) is 3.53. The summed E-state index contributed by atoms with van der Waals surface area (Å²) in [6, 6.07) is 7.42. The van der Waals surface area contributed by atoms with Crippen LogP contribution in [0.25, 0.3) is 6.08 Å². The predicted molar refractivity (Wildman–Crippen MR) is 69.2 cm³/mol. The Labute approximate surface area is 105 Å². The molecule has 0 spiro atoms. The van der Waals surface area contributed by atoms with E-state index in [0.717, 1.165) is 11.3 Å². The van der Waals surface area contributed by atoms with Gasteiger partial charge in [0, 0.05) is 18.5 Å². The Morgan fingerprint density at radius 2 is 2.17 bits per heavy atom. The van der Waals surface area contributed by atoms with Gasteiger partial charge in [0.2, 0.25) is 5.95 Å². The molecule has 1 heterocycles. The number of carbonyl (C=O) groups is 1. The first-order valence-electron chi connectivity index (χ1n) is 5.40. The Morgan fingerprint density at radius 3 is 2.78 bits per heavy atom. The predicted octanol–water partition coefficient (Wildman–Crippen LogP) is 2.07.